The van der Waals surface area contributed by atoms with Crippen LogP contribution in [0.4, 0.5) is 19.0 Å². The zero-order valence-electron chi connectivity index (χ0n) is 18.8. The minimum Gasteiger partial charge on any atom is -0.495 e. The quantitative estimate of drug-likeness (QED) is 0.350. The molecule has 0 fully saturated rings. The Bertz CT molecular complexity index is 1820. The number of ether oxygens (including phenoxy) is 1. The van der Waals surface area contributed by atoms with E-state index in [4.69, 9.17) is 4.74 Å². The molecule has 5 aromatic rings. The van der Waals surface area contributed by atoms with E-state index in [1.54, 1.807) is 0 Å². The highest BCUT2D eigenvalue weighted by Gasteiger charge is 2.20. The molecule has 3 aromatic carbocycles. The van der Waals surface area contributed by atoms with Crippen molar-refractivity contribution in [3.63, 3.8) is 0 Å². The largest absolute Gasteiger partial charge is 0.495 e. The Morgan fingerprint density at radius 1 is 0.973 bits per heavy atom. The van der Waals surface area contributed by atoms with Crippen LogP contribution in [0, 0.1) is 17.5 Å². The number of methoxy groups -OCH3 is 1. The van der Waals surface area contributed by atoms with Crippen molar-refractivity contribution in [2.45, 2.75) is 4.90 Å². The van der Waals surface area contributed by atoms with Gasteiger partial charge in [0.2, 0.25) is 0 Å². The van der Waals surface area contributed by atoms with Crippen LogP contribution in [-0.4, -0.2) is 30.2 Å². The van der Waals surface area contributed by atoms with Gasteiger partial charge < -0.3 is 9.26 Å². The number of fused-ring (bicyclic) bond motifs is 1. The Balaban J connectivity index is 1.64. The zero-order valence-corrected chi connectivity index (χ0v) is 19.6. The minimum atomic E-state index is -4.07. The molecule has 0 saturated carbocycles. The average molecular weight is 528 g/mol. The van der Waals surface area contributed by atoms with Crippen molar-refractivity contribution < 1.29 is 30.8 Å². The summed E-state index contributed by atoms with van der Waals surface area (Å²) >= 11 is 0. The molecular weight excluding hydrogens is 513 g/mol. The summed E-state index contributed by atoms with van der Waals surface area (Å²) in [5.41, 5.74) is -0.427. The Labute approximate surface area is 206 Å². The number of benzene rings is 3. The van der Waals surface area contributed by atoms with E-state index in [2.05, 4.69) is 19.4 Å². The molecule has 0 radical (unpaired) electrons. The van der Waals surface area contributed by atoms with E-state index in [0.29, 0.717) is 0 Å². The summed E-state index contributed by atoms with van der Waals surface area (Å²) in [4.78, 5) is 16.7. The number of halogens is 3. The normalized spacial score (nSPS) is 11.6. The van der Waals surface area contributed by atoms with E-state index >= 15 is 4.39 Å². The van der Waals surface area contributed by atoms with Crippen molar-refractivity contribution in [1.82, 2.24) is 14.7 Å². The summed E-state index contributed by atoms with van der Waals surface area (Å²) in [5, 5.41) is 3.50. The van der Waals surface area contributed by atoms with Crippen LogP contribution in [0.15, 0.2) is 81.3 Å². The fourth-order valence-corrected chi connectivity index (χ4v) is 4.75. The van der Waals surface area contributed by atoms with Crippen molar-refractivity contribution in [3.05, 3.63) is 94.9 Å². The summed E-state index contributed by atoms with van der Waals surface area (Å²) < 4.78 is 81.1. The van der Waals surface area contributed by atoms with E-state index in [1.165, 1.54) is 49.8 Å². The second-order valence-corrected chi connectivity index (χ2v) is 9.39. The van der Waals surface area contributed by atoms with E-state index in [0.717, 1.165) is 29.0 Å². The third-order valence-electron chi connectivity index (χ3n) is 5.45. The molecule has 9 nitrogen and oxygen atoms in total. The van der Waals surface area contributed by atoms with Crippen LogP contribution in [0.5, 0.6) is 5.75 Å². The van der Waals surface area contributed by atoms with Gasteiger partial charge in [-0.05, 0) is 42.0 Å². The molecule has 13 heteroatoms. The number of hydrogen-bond acceptors (Lipinski definition) is 7. The number of anilines is 1. The highest BCUT2D eigenvalue weighted by atomic mass is 32.2. The summed E-state index contributed by atoms with van der Waals surface area (Å²) in [6, 6.07) is 10.3. The van der Waals surface area contributed by atoms with Crippen molar-refractivity contribution >= 4 is 26.9 Å². The van der Waals surface area contributed by atoms with Gasteiger partial charge in [0.25, 0.3) is 15.6 Å². The second-order valence-electron chi connectivity index (χ2n) is 7.71. The van der Waals surface area contributed by atoms with Crippen LogP contribution in [0.1, 0.15) is 0 Å². The van der Waals surface area contributed by atoms with Gasteiger partial charge in [-0.1, -0.05) is 11.2 Å². The highest BCUT2D eigenvalue weighted by molar-refractivity contribution is 7.92. The molecule has 0 atom stereocenters. The number of nitrogens with zero attached hydrogens (tertiary/aromatic N) is 3. The lowest BCUT2D eigenvalue weighted by Crippen LogP contribution is -2.20. The lowest BCUT2D eigenvalue weighted by Gasteiger charge is -2.16. The number of hydrogen-bond donors (Lipinski definition) is 1. The average Bonchev–Trinajstić information content (AvgIpc) is 3.37. The molecule has 0 spiro atoms. The number of nitrogens with one attached hydrogen (secondary N) is 1. The van der Waals surface area contributed by atoms with Crippen LogP contribution < -0.4 is 15.0 Å². The standard InChI is InChI=1S/C24H15F3N4O5S/c1-35-22-10-15(13-2-4-16(25)18(27)8-13)17(26)11-21(22)31-20-5-3-14(9-19(20)28-12-24(31)32)37(33,34)30-23-6-7-36-29-23/h2-12H,1H3,(H,29,30). The van der Waals surface area contributed by atoms with Crippen molar-refractivity contribution in [2.75, 3.05) is 11.8 Å². The maximum atomic E-state index is 15.2. The first-order valence-corrected chi connectivity index (χ1v) is 11.9. The Kier molecular flexibility index (Phi) is 5.91. The molecule has 0 aliphatic rings. The van der Waals surface area contributed by atoms with Crippen LogP contribution >= 0.6 is 0 Å². The van der Waals surface area contributed by atoms with Crippen molar-refractivity contribution in [2.24, 2.45) is 0 Å². The first-order chi connectivity index (χ1) is 17.7. The van der Waals surface area contributed by atoms with Crippen LogP contribution in [0.3, 0.4) is 0 Å². The molecule has 0 aliphatic carbocycles. The topological polar surface area (TPSA) is 116 Å². The second kappa shape index (κ2) is 9.09. The Hall–Kier alpha value is -4.65. The van der Waals surface area contributed by atoms with Gasteiger partial charge in [-0.3, -0.25) is 14.1 Å². The SMILES string of the molecule is COc1cc(-c2ccc(F)c(F)c2)c(F)cc1-n1c(=O)cnc2cc(S(=O)(=O)Nc3ccon3)ccc21. The molecule has 2 heterocycles. The molecule has 5 rings (SSSR count). The molecule has 1 N–H and O–H groups in total. The molecule has 0 amide bonds. The van der Waals surface area contributed by atoms with E-state index < -0.39 is 33.0 Å². The number of sulfonamides is 1. The summed E-state index contributed by atoms with van der Waals surface area (Å²) in [7, 11) is -2.77. The van der Waals surface area contributed by atoms with E-state index in [-0.39, 0.29) is 44.3 Å². The third-order valence-corrected chi connectivity index (χ3v) is 6.80. The van der Waals surface area contributed by atoms with Gasteiger partial charge in [0, 0.05) is 17.7 Å². The van der Waals surface area contributed by atoms with Gasteiger partial charge in [0.1, 0.15) is 17.8 Å². The lowest BCUT2D eigenvalue weighted by molar-refractivity contribution is 0.412. The lowest BCUT2D eigenvalue weighted by atomic mass is 10.0. The molecular formula is C24H15F3N4O5S. The van der Waals surface area contributed by atoms with Crippen LogP contribution in [-0.2, 0) is 10.0 Å². The first-order valence-electron chi connectivity index (χ1n) is 10.5. The maximum absolute atomic E-state index is 15.2. The first kappa shape index (κ1) is 24.1. The van der Waals surface area contributed by atoms with Crippen LogP contribution in [0.25, 0.3) is 27.8 Å². The van der Waals surface area contributed by atoms with Gasteiger partial charge in [-0.2, -0.15) is 0 Å². The molecule has 188 valence electrons. The minimum absolute atomic E-state index is 0.0138. The van der Waals surface area contributed by atoms with Crippen molar-refractivity contribution in [1.29, 1.82) is 0 Å². The monoisotopic (exact) mass is 528 g/mol. The predicted molar refractivity (Wildman–Crippen MR) is 127 cm³/mol. The van der Waals surface area contributed by atoms with Gasteiger partial charge in [-0.25, -0.2) is 26.6 Å². The highest BCUT2D eigenvalue weighted by Crippen LogP contribution is 2.34. The van der Waals surface area contributed by atoms with Crippen LogP contribution in [0.2, 0.25) is 0 Å². The molecule has 0 bridgehead atoms. The van der Waals surface area contributed by atoms with Gasteiger partial charge in [0.15, 0.2) is 17.5 Å². The molecule has 2 aromatic heterocycles. The molecule has 0 unspecified atom stereocenters. The Morgan fingerprint density at radius 3 is 2.49 bits per heavy atom. The Morgan fingerprint density at radius 2 is 1.78 bits per heavy atom. The van der Waals surface area contributed by atoms with Gasteiger partial charge in [0.05, 0.1) is 34.9 Å². The van der Waals surface area contributed by atoms with Gasteiger partial charge in [-0.15, -0.1) is 0 Å². The summed E-state index contributed by atoms with van der Waals surface area (Å²) in [5.74, 6) is -3.06. The number of aromatic nitrogens is 3. The van der Waals surface area contributed by atoms with E-state index in [9.17, 15) is 22.0 Å². The smallest absolute Gasteiger partial charge is 0.274 e. The molecule has 37 heavy (non-hydrogen) atoms. The van der Waals surface area contributed by atoms with Crippen molar-refractivity contribution in [3.8, 4) is 22.6 Å². The zero-order chi connectivity index (χ0) is 26.3. The van der Waals surface area contributed by atoms with Gasteiger partial charge >= 0.3 is 0 Å². The summed E-state index contributed by atoms with van der Waals surface area (Å²) in [6.07, 6.45) is 2.15. The maximum Gasteiger partial charge on any atom is 0.274 e. The predicted octanol–water partition coefficient (Wildman–Crippen LogP) is 4.27. The molecule has 0 saturated heterocycles. The fourth-order valence-electron chi connectivity index (χ4n) is 3.74. The molecule has 0 aliphatic heterocycles. The fraction of sp³-hybridized carbons (Fsp3) is 0.0417. The summed E-state index contributed by atoms with van der Waals surface area (Å²) in [6.45, 7) is 0. The number of rotatable bonds is 6. The van der Waals surface area contributed by atoms with E-state index in [1.807, 2.05) is 0 Å². The third kappa shape index (κ3) is 4.40.